The van der Waals surface area contributed by atoms with Crippen LogP contribution in [-0.2, 0) is 6.54 Å². The molecule has 1 amide bonds. The van der Waals surface area contributed by atoms with Gasteiger partial charge in [-0.15, -0.1) is 0 Å². The van der Waals surface area contributed by atoms with Gasteiger partial charge in [0.05, 0.1) is 0 Å². The summed E-state index contributed by atoms with van der Waals surface area (Å²) in [4.78, 5) is 16.6. The fourth-order valence-corrected chi connectivity index (χ4v) is 3.34. The standard InChI is InChI=1S/C21H17FN2O/c1-12-3-8-17(13(2)24-12)20-9-15-11-23-21(25)19(15)10-18(20)14-4-6-16(22)7-5-14/h3-10H,11H2,1-2H3,(H,23,25). The highest BCUT2D eigenvalue weighted by Gasteiger charge is 2.23. The molecular formula is C21H17FN2O. The summed E-state index contributed by atoms with van der Waals surface area (Å²) in [7, 11) is 0. The number of hydrogen-bond acceptors (Lipinski definition) is 2. The minimum Gasteiger partial charge on any atom is -0.348 e. The van der Waals surface area contributed by atoms with E-state index in [1.807, 2.05) is 32.0 Å². The van der Waals surface area contributed by atoms with Gasteiger partial charge in [0.25, 0.3) is 5.91 Å². The van der Waals surface area contributed by atoms with Crippen LogP contribution in [0.3, 0.4) is 0 Å². The van der Waals surface area contributed by atoms with Gasteiger partial charge in [0.15, 0.2) is 0 Å². The van der Waals surface area contributed by atoms with Crippen LogP contribution in [0.25, 0.3) is 22.3 Å². The van der Waals surface area contributed by atoms with Crippen molar-refractivity contribution in [2.75, 3.05) is 0 Å². The van der Waals surface area contributed by atoms with Gasteiger partial charge in [-0.25, -0.2) is 4.39 Å². The summed E-state index contributed by atoms with van der Waals surface area (Å²) in [5.74, 6) is -0.346. The largest absolute Gasteiger partial charge is 0.348 e. The van der Waals surface area contributed by atoms with E-state index in [-0.39, 0.29) is 11.7 Å². The van der Waals surface area contributed by atoms with Gasteiger partial charge in [0.1, 0.15) is 5.82 Å². The first kappa shape index (κ1) is 15.5. The molecule has 1 aromatic heterocycles. The Balaban J connectivity index is 1.99. The minimum absolute atomic E-state index is 0.0661. The molecular weight excluding hydrogens is 315 g/mol. The van der Waals surface area contributed by atoms with Crippen LogP contribution in [0.4, 0.5) is 4.39 Å². The zero-order chi connectivity index (χ0) is 17.6. The van der Waals surface area contributed by atoms with Crippen LogP contribution in [0.5, 0.6) is 0 Å². The number of nitrogens with one attached hydrogen (secondary N) is 1. The van der Waals surface area contributed by atoms with E-state index in [4.69, 9.17) is 0 Å². The third-order valence-corrected chi connectivity index (χ3v) is 4.60. The van der Waals surface area contributed by atoms with E-state index in [9.17, 15) is 9.18 Å². The summed E-state index contributed by atoms with van der Waals surface area (Å²) in [6.07, 6.45) is 0. The molecule has 4 rings (SSSR count). The Labute approximate surface area is 145 Å². The summed E-state index contributed by atoms with van der Waals surface area (Å²) in [6, 6.07) is 14.3. The highest BCUT2D eigenvalue weighted by Crippen LogP contribution is 2.37. The maximum atomic E-state index is 13.3. The first-order valence-corrected chi connectivity index (χ1v) is 8.18. The van der Waals surface area contributed by atoms with Crippen LogP contribution < -0.4 is 5.32 Å². The maximum absolute atomic E-state index is 13.3. The van der Waals surface area contributed by atoms with E-state index in [0.29, 0.717) is 12.1 Å². The Hall–Kier alpha value is -3.01. The number of fused-ring (bicyclic) bond motifs is 1. The third kappa shape index (κ3) is 2.70. The molecule has 0 atom stereocenters. The van der Waals surface area contributed by atoms with Crippen molar-refractivity contribution in [2.45, 2.75) is 20.4 Å². The molecule has 0 radical (unpaired) electrons. The average molecular weight is 332 g/mol. The third-order valence-electron chi connectivity index (χ3n) is 4.60. The molecule has 1 N–H and O–H groups in total. The van der Waals surface area contributed by atoms with E-state index >= 15 is 0 Å². The molecule has 1 aliphatic rings. The second-order valence-corrected chi connectivity index (χ2v) is 6.33. The van der Waals surface area contributed by atoms with Gasteiger partial charge in [0, 0.05) is 29.1 Å². The second kappa shape index (κ2) is 5.81. The Morgan fingerprint density at radius 1 is 0.920 bits per heavy atom. The van der Waals surface area contributed by atoms with Crippen LogP contribution in [0.2, 0.25) is 0 Å². The molecule has 1 aliphatic heterocycles. The summed E-state index contributed by atoms with van der Waals surface area (Å²) in [6.45, 7) is 4.47. The van der Waals surface area contributed by atoms with E-state index in [0.717, 1.165) is 39.2 Å². The van der Waals surface area contributed by atoms with E-state index < -0.39 is 0 Å². The van der Waals surface area contributed by atoms with Crippen molar-refractivity contribution in [1.29, 1.82) is 0 Å². The van der Waals surface area contributed by atoms with Gasteiger partial charge in [-0.2, -0.15) is 0 Å². The van der Waals surface area contributed by atoms with E-state index in [1.54, 1.807) is 12.1 Å². The molecule has 0 spiro atoms. The lowest BCUT2D eigenvalue weighted by molar-refractivity contribution is 0.0966. The topological polar surface area (TPSA) is 42.0 Å². The highest BCUT2D eigenvalue weighted by atomic mass is 19.1. The van der Waals surface area contributed by atoms with Gasteiger partial charge in [-0.1, -0.05) is 18.2 Å². The smallest absolute Gasteiger partial charge is 0.251 e. The number of aromatic nitrogens is 1. The SMILES string of the molecule is Cc1ccc(-c2cc3c(cc2-c2ccc(F)cc2)C(=O)NC3)c(C)n1. The summed E-state index contributed by atoms with van der Waals surface area (Å²) < 4.78 is 13.3. The summed E-state index contributed by atoms with van der Waals surface area (Å²) >= 11 is 0. The quantitative estimate of drug-likeness (QED) is 0.755. The van der Waals surface area contributed by atoms with Crippen molar-refractivity contribution in [3.05, 3.63) is 76.9 Å². The lowest BCUT2D eigenvalue weighted by Crippen LogP contribution is -2.12. The molecule has 0 saturated heterocycles. The zero-order valence-corrected chi connectivity index (χ0v) is 14.1. The Morgan fingerprint density at radius 3 is 2.40 bits per heavy atom. The Bertz CT molecular complexity index is 994. The molecule has 0 aliphatic carbocycles. The first-order valence-electron chi connectivity index (χ1n) is 8.18. The molecule has 0 bridgehead atoms. The van der Waals surface area contributed by atoms with Gasteiger partial charge in [-0.05, 0) is 66.4 Å². The first-order chi connectivity index (χ1) is 12.0. The lowest BCUT2D eigenvalue weighted by Gasteiger charge is -2.14. The number of aryl methyl sites for hydroxylation is 2. The molecule has 124 valence electrons. The van der Waals surface area contributed by atoms with Crippen molar-refractivity contribution in [1.82, 2.24) is 10.3 Å². The van der Waals surface area contributed by atoms with Gasteiger partial charge in [-0.3, -0.25) is 9.78 Å². The van der Waals surface area contributed by atoms with Crippen molar-refractivity contribution in [3.63, 3.8) is 0 Å². The van der Waals surface area contributed by atoms with Gasteiger partial charge >= 0.3 is 0 Å². The van der Waals surface area contributed by atoms with E-state index in [2.05, 4.69) is 16.4 Å². The number of carbonyl (C=O) groups excluding carboxylic acids is 1. The van der Waals surface area contributed by atoms with Crippen molar-refractivity contribution in [2.24, 2.45) is 0 Å². The maximum Gasteiger partial charge on any atom is 0.251 e. The predicted molar refractivity (Wildman–Crippen MR) is 95.7 cm³/mol. The zero-order valence-electron chi connectivity index (χ0n) is 14.1. The average Bonchev–Trinajstić information content (AvgIpc) is 2.95. The van der Waals surface area contributed by atoms with Crippen LogP contribution in [0, 0.1) is 19.7 Å². The van der Waals surface area contributed by atoms with Crippen LogP contribution in [-0.4, -0.2) is 10.9 Å². The Morgan fingerprint density at radius 2 is 1.68 bits per heavy atom. The number of halogens is 1. The van der Waals surface area contributed by atoms with Crippen LogP contribution in [0.15, 0.2) is 48.5 Å². The lowest BCUT2D eigenvalue weighted by atomic mass is 9.90. The second-order valence-electron chi connectivity index (χ2n) is 6.33. The Kier molecular flexibility index (Phi) is 3.61. The van der Waals surface area contributed by atoms with Crippen molar-refractivity contribution >= 4 is 5.91 Å². The normalized spacial score (nSPS) is 12.8. The number of rotatable bonds is 2. The van der Waals surface area contributed by atoms with Crippen LogP contribution in [0.1, 0.15) is 27.3 Å². The van der Waals surface area contributed by atoms with Crippen LogP contribution >= 0.6 is 0 Å². The number of hydrogen-bond donors (Lipinski definition) is 1. The predicted octanol–water partition coefficient (Wildman–Crippen LogP) is 4.41. The van der Waals surface area contributed by atoms with Gasteiger partial charge < -0.3 is 5.32 Å². The number of nitrogens with zero attached hydrogens (tertiary/aromatic N) is 1. The van der Waals surface area contributed by atoms with Gasteiger partial charge in [0.2, 0.25) is 0 Å². The van der Waals surface area contributed by atoms with E-state index in [1.165, 1.54) is 12.1 Å². The monoisotopic (exact) mass is 332 g/mol. The molecule has 0 unspecified atom stereocenters. The minimum atomic E-state index is -0.280. The molecule has 3 aromatic rings. The summed E-state index contributed by atoms with van der Waals surface area (Å²) in [5, 5.41) is 2.86. The molecule has 2 aromatic carbocycles. The number of benzene rings is 2. The fourth-order valence-electron chi connectivity index (χ4n) is 3.34. The molecule has 4 heteroatoms. The number of carbonyl (C=O) groups is 1. The molecule has 3 nitrogen and oxygen atoms in total. The molecule has 2 heterocycles. The van der Waals surface area contributed by atoms with Crippen molar-refractivity contribution < 1.29 is 9.18 Å². The highest BCUT2D eigenvalue weighted by molar-refractivity contribution is 6.01. The van der Waals surface area contributed by atoms with Crippen molar-refractivity contribution in [3.8, 4) is 22.3 Å². The number of pyridine rings is 1. The molecule has 25 heavy (non-hydrogen) atoms. The fraction of sp³-hybridized carbons (Fsp3) is 0.143. The number of amides is 1. The molecule has 0 saturated carbocycles. The summed E-state index contributed by atoms with van der Waals surface area (Å²) in [5.41, 5.74) is 7.36. The molecule has 0 fully saturated rings.